The third kappa shape index (κ3) is 3.97. The minimum absolute atomic E-state index is 0.0971. The number of hydrogen-bond donors (Lipinski definition) is 1. The van der Waals surface area contributed by atoms with Crippen molar-refractivity contribution in [1.29, 1.82) is 0 Å². The number of aryl methyl sites for hydroxylation is 1. The van der Waals surface area contributed by atoms with Crippen molar-refractivity contribution < 1.29 is 9.53 Å². The van der Waals surface area contributed by atoms with Crippen molar-refractivity contribution in [1.82, 2.24) is 19.7 Å². The molecule has 126 valence electrons. The van der Waals surface area contributed by atoms with E-state index in [1.807, 2.05) is 14.0 Å². The summed E-state index contributed by atoms with van der Waals surface area (Å²) in [5, 5.41) is 8.40. The maximum atomic E-state index is 11.6. The average molecular weight is 319 g/mol. The molecule has 2 heterocycles. The first-order valence-electron chi connectivity index (χ1n) is 7.84. The molecule has 2 aromatic heterocycles. The van der Waals surface area contributed by atoms with Crippen molar-refractivity contribution in [2.24, 2.45) is 7.05 Å². The number of rotatable bonds is 5. The van der Waals surface area contributed by atoms with Crippen LogP contribution >= 0.6 is 0 Å². The molecule has 23 heavy (non-hydrogen) atoms. The van der Waals surface area contributed by atoms with E-state index in [1.54, 1.807) is 17.8 Å². The largest absolute Gasteiger partial charge is 0.466 e. The van der Waals surface area contributed by atoms with Crippen LogP contribution in [-0.4, -0.2) is 38.4 Å². The first-order chi connectivity index (χ1) is 10.7. The number of fused-ring (bicyclic) bond motifs is 1. The van der Waals surface area contributed by atoms with E-state index in [0.29, 0.717) is 12.4 Å². The molecule has 0 aliphatic rings. The third-order valence-electron chi connectivity index (χ3n) is 3.42. The summed E-state index contributed by atoms with van der Waals surface area (Å²) in [5.74, 6) is 1.21. The highest BCUT2D eigenvalue weighted by atomic mass is 16.5. The predicted molar refractivity (Wildman–Crippen MR) is 89.3 cm³/mol. The summed E-state index contributed by atoms with van der Waals surface area (Å²) in [6, 6.07) is -0.0971. The molecule has 1 unspecified atom stereocenters. The van der Waals surface area contributed by atoms with Gasteiger partial charge in [0.15, 0.2) is 5.65 Å². The molecule has 2 rings (SSSR count). The van der Waals surface area contributed by atoms with Crippen LogP contribution < -0.4 is 5.32 Å². The summed E-state index contributed by atoms with van der Waals surface area (Å²) < 4.78 is 6.72. The molecular formula is C16H25N5O2. The first kappa shape index (κ1) is 17.2. The van der Waals surface area contributed by atoms with Gasteiger partial charge in [-0.1, -0.05) is 20.8 Å². The van der Waals surface area contributed by atoms with E-state index in [0.717, 1.165) is 16.9 Å². The van der Waals surface area contributed by atoms with Gasteiger partial charge in [0.05, 0.1) is 24.6 Å². The lowest BCUT2D eigenvalue weighted by molar-refractivity contribution is -0.143. The second kappa shape index (κ2) is 6.52. The summed E-state index contributed by atoms with van der Waals surface area (Å²) >= 11 is 0. The normalized spacial score (nSPS) is 13.1. The lowest BCUT2D eigenvalue weighted by atomic mass is 9.95. The Morgan fingerprint density at radius 1 is 1.39 bits per heavy atom. The molecular weight excluding hydrogens is 294 g/mol. The van der Waals surface area contributed by atoms with Gasteiger partial charge in [-0.15, -0.1) is 0 Å². The van der Waals surface area contributed by atoms with E-state index in [4.69, 9.17) is 4.74 Å². The van der Waals surface area contributed by atoms with E-state index in [1.165, 1.54) is 0 Å². The van der Waals surface area contributed by atoms with Crippen molar-refractivity contribution in [3.63, 3.8) is 0 Å². The number of nitrogens with one attached hydrogen (secondary N) is 1. The molecule has 0 saturated heterocycles. The molecule has 0 fully saturated rings. The fraction of sp³-hybridized carbons (Fsp3) is 0.625. The summed E-state index contributed by atoms with van der Waals surface area (Å²) in [4.78, 5) is 20.9. The van der Waals surface area contributed by atoms with Gasteiger partial charge in [0.2, 0.25) is 0 Å². The molecule has 0 aliphatic heterocycles. The zero-order valence-corrected chi connectivity index (χ0v) is 14.7. The number of nitrogens with zero attached hydrogens (tertiary/aromatic N) is 4. The highest BCUT2D eigenvalue weighted by Gasteiger charge is 2.22. The molecule has 0 aliphatic carbocycles. The zero-order chi connectivity index (χ0) is 17.2. The maximum Gasteiger partial charge on any atom is 0.307 e. The van der Waals surface area contributed by atoms with Gasteiger partial charge in [0.25, 0.3) is 0 Å². The Kier molecular flexibility index (Phi) is 4.87. The van der Waals surface area contributed by atoms with Crippen LogP contribution in [0.4, 0.5) is 5.82 Å². The lowest BCUT2D eigenvalue weighted by Gasteiger charge is -2.20. The molecule has 0 radical (unpaired) electrons. The van der Waals surface area contributed by atoms with E-state index in [9.17, 15) is 4.79 Å². The van der Waals surface area contributed by atoms with E-state index < -0.39 is 0 Å². The van der Waals surface area contributed by atoms with Gasteiger partial charge in [-0.25, -0.2) is 9.97 Å². The van der Waals surface area contributed by atoms with Crippen LogP contribution in [-0.2, 0) is 22.0 Å². The fourth-order valence-corrected chi connectivity index (χ4v) is 2.22. The Hall–Kier alpha value is -2.18. The number of aromatic nitrogens is 4. The Labute approximate surface area is 136 Å². The summed E-state index contributed by atoms with van der Waals surface area (Å²) in [5.41, 5.74) is 0.593. The second-order valence-electron chi connectivity index (χ2n) is 6.71. The van der Waals surface area contributed by atoms with E-state index in [2.05, 4.69) is 41.2 Å². The van der Waals surface area contributed by atoms with Crippen LogP contribution in [0.25, 0.3) is 11.0 Å². The fourth-order valence-electron chi connectivity index (χ4n) is 2.22. The van der Waals surface area contributed by atoms with Gasteiger partial charge in [-0.05, 0) is 13.8 Å². The number of anilines is 1. The number of hydrogen-bond acceptors (Lipinski definition) is 6. The number of carbonyl (C=O) groups is 1. The molecule has 2 aromatic rings. The number of carbonyl (C=O) groups excluding carboxylic acids is 1. The summed E-state index contributed by atoms with van der Waals surface area (Å²) in [6.45, 7) is 10.3. The second-order valence-corrected chi connectivity index (χ2v) is 6.71. The van der Waals surface area contributed by atoms with E-state index in [-0.39, 0.29) is 23.8 Å². The minimum atomic E-state index is -0.222. The highest BCUT2D eigenvalue weighted by Crippen LogP contribution is 2.26. The summed E-state index contributed by atoms with van der Waals surface area (Å²) in [7, 11) is 1.85. The van der Waals surface area contributed by atoms with Crippen molar-refractivity contribution in [3.8, 4) is 0 Å². The topological polar surface area (TPSA) is 81.9 Å². The van der Waals surface area contributed by atoms with Crippen LogP contribution in [0.5, 0.6) is 0 Å². The Balaban J connectivity index is 2.33. The third-order valence-corrected chi connectivity index (χ3v) is 3.42. The van der Waals surface area contributed by atoms with Crippen LogP contribution in [0, 0.1) is 0 Å². The molecule has 0 amide bonds. The monoisotopic (exact) mass is 319 g/mol. The molecule has 1 atom stereocenters. The Morgan fingerprint density at radius 3 is 2.70 bits per heavy atom. The van der Waals surface area contributed by atoms with Crippen molar-refractivity contribution in [2.75, 3.05) is 11.9 Å². The maximum absolute atomic E-state index is 11.6. The molecule has 1 N–H and O–H groups in total. The Morgan fingerprint density at radius 2 is 2.09 bits per heavy atom. The van der Waals surface area contributed by atoms with Crippen LogP contribution in [0.1, 0.15) is 46.9 Å². The van der Waals surface area contributed by atoms with Gasteiger partial charge in [-0.2, -0.15) is 5.10 Å². The van der Waals surface area contributed by atoms with Gasteiger partial charge < -0.3 is 10.1 Å². The van der Waals surface area contributed by atoms with Gasteiger partial charge >= 0.3 is 5.97 Å². The van der Waals surface area contributed by atoms with Crippen LogP contribution in [0.3, 0.4) is 0 Å². The van der Waals surface area contributed by atoms with Crippen molar-refractivity contribution in [3.05, 3.63) is 12.0 Å². The molecule has 0 saturated carbocycles. The average Bonchev–Trinajstić information content (AvgIpc) is 2.80. The van der Waals surface area contributed by atoms with Crippen molar-refractivity contribution in [2.45, 2.75) is 52.5 Å². The molecule has 0 bridgehead atoms. The Bertz CT molecular complexity index is 702. The molecule has 0 aromatic carbocycles. The minimum Gasteiger partial charge on any atom is -0.466 e. The van der Waals surface area contributed by atoms with Crippen molar-refractivity contribution >= 4 is 22.8 Å². The highest BCUT2D eigenvalue weighted by molar-refractivity contribution is 5.86. The van der Waals surface area contributed by atoms with Crippen LogP contribution in [0.15, 0.2) is 6.20 Å². The predicted octanol–water partition coefficient (Wildman–Crippen LogP) is 2.41. The van der Waals surface area contributed by atoms with Gasteiger partial charge in [0, 0.05) is 18.5 Å². The molecule has 0 spiro atoms. The van der Waals surface area contributed by atoms with E-state index >= 15 is 0 Å². The lowest BCUT2D eigenvalue weighted by Crippen LogP contribution is -2.23. The quantitative estimate of drug-likeness (QED) is 0.852. The standard InChI is InChI=1S/C16H25N5O2/c1-7-23-12(22)8-10(2)18-13-11-9-17-21(6)14(11)20-15(19-13)16(3,4)5/h9-10H,7-8H2,1-6H3,(H,18,19,20). The van der Waals surface area contributed by atoms with Gasteiger partial charge in [0.1, 0.15) is 11.6 Å². The van der Waals surface area contributed by atoms with Gasteiger partial charge in [-0.3, -0.25) is 9.48 Å². The first-order valence-corrected chi connectivity index (χ1v) is 7.84. The zero-order valence-electron chi connectivity index (χ0n) is 14.7. The summed E-state index contributed by atoms with van der Waals surface area (Å²) in [6.07, 6.45) is 2.02. The molecule has 7 nitrogen and oxygen atoms in total. The SMILES string of the molecule is CCOC(=O)CC(C)Nc1nc(C(C)(C)C)nc2c1cnn2C. The number of ether oxygens (including phenoxy) is 1. The smallest absolute Gasteiger partial charge is 0.307 e. The molecule has 7 heteroatoms. The number of esters is 1. The van der Waals surface area contributed by atoms with Crippen LogP contribution in [0.2, 0.25) is 0 Å².